The van der Waals surface area contributed by atoms with Crippen LogP contribution in [0.3, 0.4) is 0 Å². The molecule has 6 nitrogen and oxygen atoms in total. The topological polar surface area (TPSA) is 74.7 Å². The summed E-state index contributed by atoms with van der Waals surface area (Å²) >= 11 is 11.9. The molecule has 19 heavy (non-hydrogen) atoms. The Balaban J connectivity index is 3.40. The summed E-state index contributed by atoms with van der Waals surface area (Å²) in [5.74, 6) is -2.21. The Labute approximate surface area is 119 Å². The van der Waals surface area contributed by atoms with Gasteiger partial charge in [-0.1, -0.05) is 23.2 Å². The lowest BCUT2D eigenvalue weighted by molar-refractivity contribution is -0.137. The lowest BCUT2D eigenvalue weighted by Crippen LogP contribution is -2.19. The third-order valence-corrected chi connectivity index (χ3v) is 2.79. The van der Waals surface area contributed by atoms with E-state index in [1.54, 1.807) is 6.92 Å². The molecule has 0 saturated carbocycles. The fourth-order valence-corrected chi connectivity index (χ4v) is 1.92. The highest BCUT2D eigenvalue weighted by Gasteiger charge is 2.29. The number of hydrogen-bond donors (Lipinski definition) is 0. The molecule has 0 aliphatic rings. The monoisotopic (exact) mass is 307 g/mol. The van der Waals surface area contributed by atoms with Crippen LogP contribution in [0.25, 0.3) is 0 Å². The third kappa shape index (κ3) is 3.08. The van der Waals surface area contributed by atoms with Crippen LogP contribution < -0.4 is 9.47 Å². The predicted molar refractivity (Wildman–Crippen MR) is 68.3 cm³/mol. The first-order chi connectivity index (χ1) is 8.97. The molecular weight excluding hydrogens is 297 g/mol. The van der Waals surface area contributed by atoms with Crippen molar-refractivity contribution in [1.29, 1.82) is 0 Å². The molecule has 1 aromatic rings. The van der Waals surface area contributed by atoms with Crippen molar-refractivity contribution in [3.05, 3.63) is 15.6 Å². The van der Waals surface area contributed by atoms with Crippen LogP contribution in [-0.2, 0) is 9.53 Å². The number of nitrogens with zero attached hydrogens (tertiary/aromatic N) is 1. The zero-order valence-electron chi connectivity index (χ0n) is 10.5. The van der Waals surface area contributed by atoms with Crippen LogP contribution in [0, 0.1) is 0 Å². The van der Waals surface area contributed by atoms with E-state index in [0.717, 1.165) is 0 Å². The molecule has 104 valence electrons. The van der Waals surface area contributed by atoms with Crippen LogP contribution in [0.4, 0.5) is 0 Å². The highest BCUT2D eigenvalue weighted by molar-refractivity contribution is 6.50. The quantitative estimate of drug-likeness (QED) is 0.471. The predicted octanol–water partition coefficient (Wildman–Crippen LogP) is 2.15. The van der Waals surface area contributed by atoms with Crippen molar-refractivity contribution in [2.24, 2.45) is 0 Å². The number of carbonyl (C=O) groups excluding carboxylic acids is 2. The molecule has 8 heteroatoms. The Hall–Kier alpha value is -1.53. The molecule has 1 rings (SSSR count). The van der Waals surface area contributed by atoms with E-state index < -0.39 is 11.8 Å². The number of rotatable bonds is 5. The second kappa shape index (κ2) is 6.58. The molecule has 0 aliphatic heterocycles. The van der Waals surface area contributed by atoms with E-state index in [4.69, 9.17) is 32.7 Å². The van der Waals surface area contributed by atoms with Gasteiger partial charge in [-0.3, -0.25) is 4.79 Å². The van der Waals surface area contributed by atoms with Crippen LogP contribution >= 0.6 is 23.2 Å². The summed E-state index contributed by atoms with van der Waals surface area (Å²) in [7, 11) is 2.61. The first-order valence-corrected chi connectivity index (χ1v) is 5.91. The maximum atomic E-state index is 11.9. The Bertz CT molecular complexity index is 490. The summed E-state index contributed by atoms with van der Waals surface area (Å²) in [6, 6.07) is 0. The fraction of sp³-hybridized carbons (Fsp3) is 0.364. The summed E-state index contributed by atoms with van der Waals surface area (Å²) in [4.78, 5) is 27.2. The van der Waals surface area contributed by atoms with Crippen molar-refractivity contribution < 1.29 is 23.8 Å². The van der Waals surface area contributed by atoms with Gasteiger partial charge in [-0.2, -0.15) is 4.98 Å². The average molecular weight is 308 g/mol. The van der Waals surface area contributed by atoms with Gasteiger partial charge in [-0.15, -0.1) is 0 Å². The first kappa shape index (κ1) is 15.5. The Morgan fingerprint density at radius 3 is 1.95 bits per heavy atom. The number of methoxy groups -OCH3 is 2. The Morgan fingerprint density at radius 2 is 1.58 bits per heavy atom. The number of esters is 1. The van der Waals surface area contributed by atoms with Gasteiger partial charge < -0.3 is 14.2 Å². The van der Waals surface area contributed by atoms with E-state index in [-0.39, 0.29) is 34.0 Å². The summed E-state index contributed by atoms with van der Waals surface area (Å²) in [5.41, 5.74) is -0.259. The summed E-state index contributed by atoms with van der Waals surface area (Å²) in [5, 5.41) is -0.349. The maximum absolute atomic E-state index is 11.9. The summed E-state index contributed by atoms with van der Waals surface area (Å²) in [6.45, 7) is 1.63. The van der Waals surface area contributed by atoms with Crippen LogP contribution in [0.2, 0.25) is 10.0 Å². The molecule has 0 spiro atoms. The van der Waals surface area contributed by atoms with Gasteiger partial charge in [0.25, 0.3) is 5.78 Å². The van der Waals surface area contributed by atoms with Crippen LogP contribution in [0.1, 0.15) is 17.3 Å². The van der Waals surface area contributed by atoms with Gasteiger partial charge in [-0.05, 0) is 6.92 Å². The molecule has 0 radical (unpaired) electrons. The number of pyridine rings is 1. The molecule has 0 saturated heterocycles. The number of hydrogen-bond acceptors (Lipinski definition) is 6. The zero-order chi connectivity index (χ0) is 14.6. The largest absolute Gasteiger partial charge is 0.480 e. The number of aromatic nitrogens is 1. The van der Waals surface area contributed by atoms with E-state index in [1.807, 2.05) is 0 Å². The maximum Gasteiger partial charge on any atom is 0.379 e. The highest BCUT2D eigenvalue weighted by atomic mass is 35.5. The second-order valence-electron chi connectivity index (χ2n) is 3.18. The van der Waals surface area contributed by atoms with Gasteiger partial charge in [0.2, 0.25) is 11.8 Å². The number of halogens is 2. The van der Waals surface area contributed by atoms with Crippen LogP contribution in [0.15, 0.2) is 0 Å². The van der Waals surface area contributed by atoms with Gasteiger partial charge in [0.05, 0.1) is 26.4 Å². The van der Waals surface area contributed by atoms with Crippen molar-refractivity contribution in [3.63, 3.8) is 0 Å². The van der Waals surface area contributed by atoms with Crippen molar-refractivity contribution in [2.75, 3.05) is 20.8 Å². The molecular formula is C11H11Cl2NO5. The SMILES string of the molecule is CCOC(=O)C(=O)c1c(Cl)c(OC)nc(OC)c1Cl. The van der Waals surface area contributed by atoms with Crippen LogP contribution in [0.5, 0.6) is 11.8 Å². The van der Waals surface area contributed by atoms with Crippen molar-refractivity contribution in [1.82, 2.24) is 4.98 Å². The minimum atomic E-state index is -1.07. The number of ketones is 1. The van der Waals surface area contributed by atoms with Gasteiger partial charge in [0.1, 0.15) is 10.0 Å². The molecule has 1 heterocycles. The third-order valence-electron chi connectivity index (χ3n) is 2.09. The lowest BCUT2D eigenvalue weighted by Gasteiger charge is -2.11. The smallest absolute Gasteiger partial charge is 0.379 e. The summed E-state index contributed by atoms with van der Waals surface area (Å²) < 4.78 is 14.4. The van der Waals surface area contributed by atoms with Gasteiger partial charge in [-0.25, -0.2) is 4.79 Å². The van der Waals surface area contributed by atoms with Gasteiger partial charge in [0.15, 0.2) is 0 Å². The standard InChI is InChI=1S/C11H11Cl2NO5/c1-4-19-11(16)8(15)5-6(12)9(17-2)14-10(18-3)7(5)13/h4H2,1-3H3. The molecule has 0 N–H and O–H groups in total. The fourth-order valence-electron chi connectivity index (χ4n) is 1.27. The number of ether oxygens (including phenoxy) is 3. The van der Waals surface area contributed by atoms with Gasteiger partial charge >= 0.3 is 5.97 Å². The molecule has 0 bridgehead atoms. The average Bonchev–Trinajstić information content (AvgIpc) is 2.39. The molecule has 0 fully saturated rings. The molecule has 0 aliphatic carbocycles. The van der Waals surface area contributed by atoms with E-state index in [1.165, 1.54) is 14.2 Å². The van der Waals surface area contributed by atoms with Crippen molar-refractivity contribution in [3.8, 4) is 11.8 Å². The molecule has 0 atom stereocenters. The number of Topliss-reactive ketones (excluding diaryl/α,β-unsaturated/α-hetero) is 1. The summed E-state index contributed by atoms with van der Waals surface area (Å²) in [6.07, 6.45) is 0. The molecule has 0 aromatic carbocycles. The molecule has 0 unspecified atom stereocenters. The van der Waals surface area contributed by atoms with E-state index in [2.05, 4.69) is 9.72 Å². The normalized spacial score (nSPS) is 9.95. The minimum Gasteiger partial charge on any atom is -0.480 e. The van der Waals surface area contributed by atoms with Gasteiger partial charge in [0, 0.05) is 0 Å². The first-order valence-electron chi connectivity index (χ1n) is 5.16. The zero-order valence-corrected chi connectivity index (χ0v) is 12.0. The Kier molecular flexibility index (Phi) is 5.38. The van der Waals surface area contributed by atoms with Crippen LogP contribution in [-0.4, -0.2) is 37.6 Å². The minimum absolute atomic E-state index is 0.0547. The Morgan fingerprint density at radius 1 is 1.11 bits per heavy atom. The van der Waals surface area contributed by atoms with E-state index in [9.17, 15) is 9.59 Å². The molecule has 1 aromatic heterocycles. The number of carbonyl (C=O) groups is 2. The van der Waals surface area contributed by atoms with E-state index >= 15 is 0 Å². The second-order valence-corrected chi connectivity index (χ2v) is 3.94. The molecule has 0 amide bonds. The van der Waals surface area contributed by atoms with E-state index in [0.29, 0.717) is 0 Å². The van der Waals surface area contributed by atoms with Crippen molar-refractivity contribution >= 4 is 35.0 Å². The van der Waals surface area contributed by atoms with Crippen molar-refractivity contribution in [2.45, 2.75) is 6.92 Å². The lowest BCUT2D eigenvalue weighted by atomic mass is 10.1. The highest BCUT2D eigenvalue weighted by Crippen LogP contribution is 2.37.